The van der Waals surface area contributed by atoms with Crippen molar-refractivity contribution in [2.45, 2.75) is 6.42 Å². The number of aliphatic hydroxyl groups is 1. The molecule has 2 aliphatic heterocycles. The molecule has 1 saturated heterocycles. The molecule has 3 rings (SSSR count). The predicted molar refractivity (Wildman–Crippen MR) is 86.9 cm³/mol. The SMILES string of the molecule is O=C(CCN1C(=O)COc2ccccc21)N1CCOC[C@@H](CO)C1. The van der Waals surface area contributed by atoms with E-state index in [1.807, 2.05) is 24.3 Å². The van der Waals surface area contributed by atoms with Crippen LogP contribution in [0.15, 0.2) is 24.3 Å². The van der Waals surface area contributed by atoms with Gasteiger partial charge in [-0.2, -0.15) is 0 Å². The fourth-order valence-electron chi connectivity index (χ4n) is 2.98. The van der Waals surface area contributed by atoms with Crippen LogP contribution in [-0.2, 0) is 14.3 Å². The van der Waals surface area contributed by atoms with Crippen LogP contribution in [0.5, 0.6) is 5.75 Å². The number of fused-ring (bicyclic) bond motifs is 1. The molecule has 1 aromatic carbocycles. The van der Waals surface area contributed by atoms with Crippen molar-refractivity contribution in [2.24, 2.45) is 5.92 Å². The molecule has 24 heavy (non-hydrogen) atoms. The average molecular weight is 334 g/mol. The van der Waals surface area contributed by atoms with Crippen LogP contribution in [0.2, 0.25) is 0 Å². The normalized spacial score (nSPS) is 21.0. The quantitative estimate of drug-likeness (QED) is 0.855. The maximum Gasteiger partial charge on any atom is 0.265 e. The van der Waals surface area contributed by atoms with Crippen LogP contribution in [0.25, 0.3) is 0 Å². The molecule has 0 aliphatic carbocycles. The van der Waals surface area contributed by atoms with Crippen LogP contribution in [-0.4, -0.2) is 67.9 Å². The van der Waals surface area contributed by atoms with Crippen molar-refractivity contribution in [3.05, 3.63) is 24.3 Å². The molecule has 0 radical (unpaired) electrons. The van der Waals surface area contributed by atoms with Crippen LogP contribution in [0.3, 0.4) is 0 Å². The van der Waals surface area contributed by atoms with Crippen molar-refractivity contribution in [2.75, 3.05) is 51.0 Å². The Morgan fingerprint density at radius 1 is 1.33 bits per heavy atom. The number of carbonyl (C=O) groups excluding carboxylic acids is 2. The maximum absolute atomic E-state index is 12.5. The van der Waals surface area contributed by atoms with E-state index in [-0.39, 0.29) is 37.4 Å². The number of benzene rings is 1. The van der Waals surface area contributed by atoms with Gasteiger partial charge < -0.3 is 24.4 Å². The summed E-state index contributed by atoms with van der Waals surface area (Å²) in [4.78, 5) is 27.9. The first-order valence-electron chi connectivity index (χ1n) is 8.17. The van der Waals surface area contributed by atoms with Gasteiger partial charge in [0, 0.05) is 38.6 Å². The van der Waals surface area contributed by atoms with Gasteiger partial charge in [0.05, 0.1) is 18.9 Å². The topological polar surface area (TPSA) is 79.3 Å². The number of nitrogens with zero attached hydrogens (tertiary/aromatic N) is 2. The molecule has 130 valence electrons. The molecule has 1 aromatic rings. The summed E-state index contributed by atoms with van der Waals surface area (Å²) in [5, 5.41) is 9.31. The zero-order valence-electron chi connectivity index (χ0n) is 13.5. The lowest BCUT2D eigenvalue weighted by molar-refractivity contribution is -0.131. The van der Waals surface area contributed by atoms with Crippen molar-refractivity contribution >= 4 is 17.5 Å². The number of carbonyl (C=O) groups is 2. The van der Waals surface area contributed by atoms with Gasteiger partial charge in [-0.25, -0.2) is 0 Å². The summed E-state index contributed by atoms with van der Waals surface area (Å²) >= 11 is 0. The maximum atomic E-state index is 12.5. The summed E-state index contributed by atoms with van der Waals surface area (Å²) in [7, 11) is 0. The molecule has 1 N–H and O–H groups in total. The number of aliphatic hydroxyl groups excluding tert-OH is 1. The van der Waals surface area contributed by atoms with Gasteiger partial charge in [0.15, 0.2) is 6.61 Å². The van der Waals surface area contributed by atoms with Gasteiger partial charge in [-0.15, -0.1) is 0 Å². The molecule has 0 spiro atoms. The van der Waals surface area contributed by atoms with Crippen molar-refractivity contribution in [1.82, 2.24) is 4.90 Å². The van der Waals surface area contributed by atoms with E-state index in [1.165, 1.54) is 0 Å². The van der Waals surface area contributed by atoms with Crippen LogP contribution >= 0.6 is 0 Å². The van der Waals surface area contributed by atoms with Crippen molar-refractivity contribution in [1.29, 1.82) is 0 Å². The number of anilines is 1. The molecule has 1 fully saturated rings. The number of hydrogen-bond acceptors (Lipinski definition) is 5. The Bertz CT molecular complexity index is 606. The van der Waals surface area contributed by atoms with Gasteiger partial charge in [-0.05, 0) is 12.1 Å². The molecule has 7 heteroatoms. The first-order valence-corrected chi connectivity index (χ1v) is 8.17. The lowest BCUT2D eigenvalue weighted by Crippen LogP contribution is -2.42. The highest BCUT2D eigenvalue weighted by atomic mass is 16.5. The second-order valence-electron chi connectivity index (χ2n) is 6.02. The standard InChI is InChI=1S/C17H22N2O5/c20-10-13-9-18(7-8-23-11-13)16(21)5-6-19-14-3-1-2-4-15(14)24-12-17(19)22/h1-4,13,20H,5-12H2/t13-/m1/s1. The van der Waals surface area contributed by atoms with Crippen LogP contribution in [0.4, 0.5) is 5.69 Å². The summed E-state index contributed by atoms with van der Waals surface area (Å²) in [6.45, 7) is 2.26. The molecule has 2 heterocycles. The van der Waals surface area contributed by atoms with E-state index in [9.17, 15) is 14.7 Å². The largest absolute Gasteiger partial charge is 0.482 e. The lowest BCUT2D eigenvalue weighted by Gasteiger charge is -2.30. The Labute approximate surface area is 140 Å². The minimum Gasteiger partial charge on any atom is -0.482 e. The number of ether oxygens (including phenoxy) is 2. The van der Waals surface area contributed by atoms with Crippen molar-refractivity contribution in [3.63, 3.8) is 0 Å². The monoisotopic (exact) mass is 334 g/mol. The summed E-state index contributed by atoms with van der Waals surface area (Å²) in [5.74, 6) is 0.430. The lowest BCUT2D eigenvalue weighted by atomic mass is 10.1. The Hall–Kier alpha value is -2.12. The van der Waals surface area contributed by atoms with E-state index in [0.29, 0.717) is 44.3 Å². The van der Waals surface area contributed by atoms with Crippen LogP contribution in [0.1, 0.15) is 6.42 Å². The van der Waals surface area contributed by atoms with Crippen molar-refractivity contribution < 1.29 is 24.2 Å². The number of hydrogen-bond donors (Lipinski definition) is 1. The van der Waals surface area contributed by atoms with Crippen molar-refractivity contribution in [3.8, 4) is 5.75 Å². The third kappa shape index (κ3) is 3.68. The second kappa shape index (κ2) is 7.63. The third-order valence-electron chi connectivity index (χ3n) is 4.31. The molecule has 1 atom stereocenters. The van der Waals surface area contributed by atoms with E-state index in [1.54, 1.807) is 9.80 Å². The highest BCUT2D eigenvalue weighted by molar-refractivity contribution is 5.98. The Balaban J connectivity index is 1.62. The molecule has 0 bridgehead atoms. The fourth-order valence-corrected chi connectivity index (χ4v) is 2.98. The average Bonchev–Trinajstić information content (AvgIpc) is 2.86. The second-order valence-corrected chi connectivity index (χ2v) is 6.02. The van der Waals surface area contributed by atoms with Crippen LogP contribution in [0, 0.1) is 5.92 Å². The van der Waals surface area contributed by atoms with E-state index < -0.39 is 0 Å². The molecule has 0 saturated carbocycles. The molecule has 2 amide bonds. The smallest absolute Gasteiger partial charge is 0.265 e. The molecule has 2 aliphatic rings. The Kier molecular flexibility index (Phi) is 5.32. The summed E-state index contributed by atoms with van der Waals surface area (Å²) in [6.07, 6.45) is 0.234. The number of para-hydroxylation sites is 2. The van der Waals surface area contributed by atoms with Gasteiger partial charge in [0.2, 0.25) is 5.91 Å². The Morgan fingerprint density at radius 2 is 2.17 bits per heavy atom. The predicted octanol–water partition coefficient (Wildman–Crippen LogP) is 0.269. The van der Waals surface area contributed by atoms with Gasteiger partial charge in [-0.3, -0.25) is 9.59 Å². The van der Waals surface area contributed by atoms with E-state index in [4.69, 9.17) is 9.47 Å². The number of rotatable bonds is 4. The first-order chi connectivity index (χ1) is 11.7. The Morgan fingerprint density at radius 3 is 3.00 bits per heavy atom. The summed E-state index contributed by atoms with van der Waals surface area (Å²) in [5.41, 5.74) is 0.703. The molecular weight excluding hydrogens is 312 g/mol. The van der Waals surface area contributed by atoms with Gasteiger partial charge >= 0.3 is 0 Å². The minimum absolute atomic E-state index is 0.000888. The first kappa shape index (κ1) is 16.7. The highest BCUT2D eigenvalue weighted by Gasteiger charge is 2.27. The van der Waals surface area contributed by atoms with E-state index in [0.717, 1.165) is 0 Å². The minimum atomic E-state index is -0.145. The summed E-state index contributed by atoms with van der Waals surface area (Å²) in [6, 6.07) is 7.32. The van der Waals surface area contributed by atoms with Crippen LogP contribution < -0.4 is 9.64 Å². The molecule has 0 unspecified atom stereocenters. The molecule has 7 nitrogen and oxygen atoms in total. The zero-order valence-corrected chi connectivity index (χ0v) is 13.5. The fraction of sp³-hybridized carbons (Fsp3) is 0.529. The van der Waals surface area contributed by atoms with E-state index in [2.05, 4.69) is 0 Å². The highest BCUT2D eigenvalue weighted by Crippen LogP contribution is 2.31. The summed E-state index contributed by atoms with van der Waals surface area (Å²) < 4.78 is 10.8. The molecule has 0 aromatic heterocycles. The molecular formula is C17H22N2O5. The van der Waals surface area contributed by atoms with Gasteiger partial charge in [0.25, 0.3) is 5.91 Å². The van der Waals surface area contributed by atoms with Gasteiger partial charge in [-0.1, -0.05) is 12.1 Å². The zero-order chi connectivity index (χ0) is 16.9. The third-order valence-corrected chi connectivity index (χ3v) is 4.31. The van der Waals surface area contributed by atoms with Gasteiger partial charge in [0.1, 0.15) is 5.75 Å². The van der Waals surface area contributed by atoms with E-state index >= 15 is 0 Å². The number of amides is 2.